The average molecular weight is 804 g/mol. The number of hydrogen-bond acceptors (Lipinski definition) is 15. The summed E-state index contributed by atoms with van der Waals surface area (Å²) >= 11 is 0. The van der Waals surface area contributed by atoms with Gasteiger partial charge in [0.15, 0.2) is 12.6 Å². The van der Waals surface area contributed by atoms with Crippen LogP contribution < -0.4 is 0 Å². The quantitative estimate of drug-likeness (QED) is 0.0978. The van der Waals surface area contributed by atoms with Crippen molar-refractivity contribution in [2.24, 2.45) is 22.9 Å². The monoisotopic (exact) mass is 804 g/mol. The number of esters is 1. The summed E-state index contributed by atoms with van der Waals surface area (Å²) in [6.45, 7) is 17.3. The second-order valence-electron chi connectivity index (χ2n) is 17.9. The highest BCUT2D eigenvalue weighted by atomic mass is 16.7. The molecule has 17 nitrogen and oxygen atoms in total. The van der Waals surface area contributed by atoms with Crippen molar-refractivity contribution in [1.29, 1.82) is 0 Å². The molecule has 56 heavy (non-hydrogen) atoms. The van der Waals surface area contributed by atoms with E-state index in [1.807, 2.05) is 44.8 Å². The first-order valence-electron chi connectivity index (χ1n) is 20.1. The van der Waals surface area contributed by atoms with Gasteiger partial charge >= 0.3 is 5.97 Å². The Bertz CT molecular complexity index is 1340. The van der Waals surface area contributed by atoms with Crippen molar-refractivity contribution < 1.29 is 58.7 Å². The Labute approximate surface area is 333 Å². The highest BCUT2D eigenvalue weighted by Crippen LogP contribution is 2.43. The van der Waals surface area contributed by atoms with Crippen molar-refractivity contribution in [2.45, 2.75) is 185 Å². The van der Waals surface area contributed by atoms with E-state index < -0.39 is 95.5 Å². The van der Waals surface area contributed by atoms with Crippen molar-refractivity contribution in [3.63, 3.8) is 0 Å². The maximum Gasteiger partial charge on any atom is 0.311 e. The predicted molar refractivity (Wildman–Crippen MR) is 207 cm³/mol. The lowest BCUT2D eigenvalue weighted by Gasteiger charge is -2.53. The molecule has 18 atom stereocenters. The van der Waals surface area contributed by atoms with Crippen LogP contribution in [0.4, 0.5) is 0 Å². The van der Waals surface area contributed by atoms with Gasteiger partial charge in [0.1, 0.15) is 35.1 Å². The Morgan fingerprint density at radius 3 is 2.20 bits per heavy atom. The standard InChI is InChI=1S/C39H73N5O12/c1-15-28-38(10,49)32(46)25(6)44(13)19-21(2)17-36(8,48)33(56-35-30(45)27(43(11)12)16-22(3)52-35)23(4)31(24(5)34(47)54-28)55-29-18-37(9,51-14)39(50,20-41-42-40)26(7)53-29/h21-33,35,45-46,48-50H,15-20H2,1-14H3/t21-,22-,23+,24-,25-,26+,27+,28-,29+,30-,31+,32-,33-,35+,36+,37-,38-,39-/m1/s1. The SMILES string of the molecule is CC[C@H]1OC(=O)[C@H](C)[C@@H](O[C@H]2C[C@@](C)(OC)[C@@](O)(CN=[N+]=[N-])[C@H](C)O2)[C@H](C)[C@@H](O[C@@H]2O[C@H](C)C[C@H](N(C)C)[C@H]2O)[C@@](C)(O)C[C@@H](C)CN(C)[C@H](C)[C@@H](O)[C@]1(C)O. The molecule has 3 aliphatic heterocycles. The van der Waals surface area contributed by atoms with Crippen molar-refractivity contribution in [1.82, 2.24) is 9.80 Å². The highest BCUT2D eigenvalue weighted by Gasteiger charge is 2.58. The number of aliphatic hydroxyl groups is 5. The maximum absolute atomic E-state index is 14.3. The zero-order valence-corrected chi connectivity index (χ0v) is 36.2. The van der Waals surface area contributed by atoms with Gasteiger partial charge < -0.3 is 63.8 Å². The number of ether oxygens (including phenoxy) is 6. The summed E-state index contributed by atoms with van der Waals surface area (Å²) in [6.07, 6.45) is -8.34. The molecule has 0 aromatic heterocycles. The van der Waals surface area contributed by atoms with Crippen LogP contribution in [-0.2, 0) is 33.2 Å². The van der Waals surface area contributed by atoms with Gasteiger partial charge in [-0.3, -0.25) is 4.79 Å². The van der Waals surface area contributed by atoms with Crippen molar-refractivity contribution in [2.75, 3.05) is 41.3 Å². The van der Waals surface area contributed by atoms with E-state index >= 15 is 0 Å². The molecule has 5 N–H and O–H groups in total. The fourth-order valence-electron chi connectivity index (χ4n) is 9.23. The van der Waals surface area contributed by atoms with Gasteiger partial charge in [0.25, 0.3) is 0 Å². The number of aliphatic hydroxyl groups excluding tert-OH is 2. The summed E-state index contributed by atoms with van der Waals surface area (Å²) in [4.78, 5) is 20.9. The molecule has 0 aliphatic carbocycles. The van der Waals surface area contributed by atoms with E-state index in [4.69, 9.17) is 34.0 Å². The first kappa shape index (κ1) is 48.7. The second-order valence-corrected chi connectivity index (χ2v) is 17.9. The maximum atomic E-state index is 14.3. The van der Waals surface area contributed by atoms with Gasteiger partial charge in [0, 0.05) is 43.0 Å². The lowest BCUT2D eigenvalue weighted by atomic mass is 9.75. The fraction of sp³-hybridized carbons (Fsp3) is 0.974. The van der Waals surface area contributed by atoms with E-state index in [1.165, 1.54) is 14.0 Å². The smallest absolute Gasteiger partial charge is 0.311 e. The summed E-state index contributed by atoms with van der Waals surface area (Å²) in [5.74, 6) is -2.83. The third-order valence-corrected chi connectivity index (χ3v) is 13.1. The van der Waals surface area contributed by atoms with Crippen LogP contribution in [0.3, 0.4) is 0 Å². The Morgan fingerprint density at radius 2 is 1.64 bits per heavy atom. The minimum absolute atomic E-state index is 0.0512. The van der Waals surface area contributed by atoms with E-state index in [2.05, 4.69) is 10.0 Å². The van der Waals surface area contributed by atoms with Gasteiger partial charge in [0.2, 0.25) is 0 Å². The lowest BCUT2D eigenvalue weighted by molar-refractivity contribution is -0.335. The normalized spacial score (nSPS) is 48.0. The number of carbonyl (C=O) groups is 1. The molecule has 0 unspecified atom stereocenters. The number of methoxy groups -OCH3 is 1. The molecule has 0 aromatic rings. The van der Waals surface area contributed by atoms with Crippen LogP contribution in [-0.4, -0.2) is 172 Å². The summed E-state index contributed by atoms with van der Waals surface area (Å²) in [6, 6.07) is -0.873. The van der Waals surface area contributed by atoms with Crippen LogP contribution in [0.5, 0.6) is 0 Å². The largest absolute Gasteiger partial charge is 0.459 e. The molecule has 0 aromatic carbocycles. The van der Waals surface area contributed by atoms with Crippen LogP contribution >= 0.6 is 0 Å². The van der Waals surface area contributed by atoms with Crippen LogP contribution in [0.2, 0.25) is 0 Å². The number of carbonyl (C=O) groups excluding carboxylic acids is 1. The molecule has 3 aliphatic rings. The Hall–Kier alpha value is -1.70. The number of rotatable bonds is 9. The molecular weight excluding hydrogens is 730 g/mol. The van der Waals surface area contributed by atoms with Crippen LogP contribution in [0, 0.1) is 17.8 Å². The van der Waals surface area contributed by atoms with Crippen molar-refractivity contribution >= 4 is 5.97 Å². The van der Waals surface area contributed by atoms with Crippen molar-refractivity contribution in [3.05, 3.63) is 10.4 Å². The summed E-state index contributed by atoms with van der Waals surface area (Å²) < 4.78 is 37.8. The van der Waals surface area contributed by atoms with E-state index in [9.17, 15) is 30.3 Å². The topological polar surface area (TPSA) is 229 Å². The number of cyclic esters (lactones) is 1. The molecule has 0 spiro atoms. The van der Waals surface area contributed by atoms with Gasteiger partial charge in [-0.15, -0.1) is 0 Å². The zero-order valence-electron chi connectivity index (χ0n) is 36.2. The molecule has 3 heterocycles. The molecule has 3 saturated heterocycles. The van der Waals surface area contributed by atoms with Gasteiger partial charge in [0.05, 0.1) is 42.5 Å². The molecule has 0 radical (unpaired) electrons. The summed E-state index contributed by atoms with van der Waals surface area (Å²) in [7, 11) is 6.98. The lowest BCUT2D eigenvalue weighted by Crippen LogP contribution is -2.68. The third-order valence-electron chi connectivity index (χ3n) is 13.1. The van der Waals surface area contributed by atoms with Crippen molar-refractivity contribution in [3.8, 4) is 0 Å². The van der Waals surface area contributed by atoms with E-state index in [1.54, 1.807) is 48.5 Å². The molecule has 326 valence electrons. The van der Waals surface area contributed by atoms with E-state index in [0.29, 0.717) is 13.0 Å². The molecule has 0 bridgehead atoms. The minimum Gasteiger partial charge on any atom is -0.459 e. The number of nitrogens with zero attached hydrogens (tertiary/aromatic N) is 5. The van der Waals surface area contributed by atoms with Crippen LogP contribution in [0.1, 0.15) is 94.9 Å². The molecule has 17 heteroatoms. The van der Waals surface area contributed by atoms with Crippen LogP contribution in [0.25, 0.3) is 10.4 Å². The summed E-state index contributed by atoms with van der Waals surface area (Å²) in [5.41, 5.74) is 2.53. The summed E-state index contributed by atoms with van der Waals surface area (Å²) in [5, 5.41) is 62.8. The highest BCUT2D eigenvalue weighted by molar-refractivity contribution is 5.73. The Morgan fingerprint density at radius 1 is 1.02 bits per heavy atom. The molecule has 3 rings (SSSR count). The number of likely N-dealkylation sites (N-methyl/N-ethyl adjacent to an activating group) is 2. The van der Waals surface area contributed by atoms with Gasteiger partial charge in [-0.05, 0) is 100 Å². The van der Waals surface area contributed by atoms with E-state index in [-0.39, 0.29) is 43.9 Å². The van der Waals surface area contributed by atoms with Gasteiger partial charge in [-0.1, -0.05) is 25.9 Å². The second kappa shape index (κ2) is 19.1. The first-order chi connectivity index (χ1) is 25.8. The zero-order chi connectivity index (χ0) is 42.7. The minimum atomic E-state index is -1.84. The Balaban J connectivity index is 2.20. The first-order valence-corrected chi connectivity index (χ1v) is 20.1. The predicted octanol–water partition coefficient (Wildman–Crippen LogP) is 2.58. The Kier molecular flexibility index (Phi) is 16.6. The van der Waals surface area contributed by atoms with Crippen LogP contribution in [0.15, 0.2) is 5.11 Å². The van der Waals surface area contributed by atoms with E-state index in [0.717, 1.165) is 0 Å². The molecular formula is C39H73N5O12. The molecule has 0 amide bonds. The third kappa shape index (κ3) is 10.4. The molecule has 3 fully saturated rings. The van der Waals surface area contributed by atoms with Gasteiger partial charge in [-0.2, -0.15) is 0 Å². The average Bonchev–Trinajstić information content (AvgIpc) is 3.11. The fourth-order valence-corrected chi connectivity index (χ4v) is 9.23. The molecule has 0 saturated carbocycles. The number of azide groups is 1. The number of hydrogen-bond donors (Lipinski definition) is 5. The van der Waals surface area contributed by atoms with Gasteiger partial charge in [-0.25, -0.2) is 0 Å².